The molecule has 0 N–H and O–H groups in total. The predicted octanol–water partition coefficient (Wildman–Crippen LogP) is 3.54. The molecule has 0 aromatic heterocycles. The van der Waals surface area contributed by atoms with E-state index in [4.69, 9.17) is 9.47 Å². The molecular formula is C14H26O2. The molecule has 0 amide bonds. The van der Waals surface area contributed by atoms with Gasteiger partial charge in [-0.15, -0.1) is 0 Å². The molecule has 2 atom stereocenters. The first-order valence-corrected chi connectivity index (χ1v) is 7.15. The second kappa shape index (κ2) is 6.61. The summed E-state index contributed by atoms with van der Waals surface area (Å²) in [5.74, 6) is 0.658. The van der Waals surface area contributed by atoms with E-state index >= 15 is 0 Å². The van der Waals surface area contributed by atoms with E-state index in [0.717, 1.165) is 13.2 Å². The fourth-order valence-electron chi connectivity index (χ4n) is 3.15. The van der Waals surface area contributed by atoms with Crippen molar-refractivity contribution in [2.24, 2.45) is 5.92 Å². The Bertz CT molecular complexity index is 163. The van der Waals surface area contributed by atoms with Crippen LogP contribution < -0.4 is 0 Å². The molecule has 2 saturated heterocycles. The fraction of sp³-hybridized carbons (Fsp3) is 1.00. The van der Waals surface area contributed by atoms with Gasteiger partial charge in [0, 0.05) is 19.1 Å². The molecule has 0 saturated carbocycles. The van der Waals surface area contributed by atoms with E-state index in [0.29, 0.717) is 18.1 Å². The molecular weight excluding hydrogens is 200 g/mol. The first kappa shape index (κ1) is 12.4. The molecule has 2 aliphatic heterocycles. The van der Waals surface area contributed by atoms with E-state index in [2.05, 4.69) is 6.92 Å². The van der Waals surface area contributed by atoms with Crippen LogP contribution in [0.25, 0.3) is 0 Å². The number of hydrogen-bond acceptors (Lipinski definition) is 2. The fourth-order valence-corrected chi connectivity index (χ4v) is 3.15. The van der Waals surface area contributed by atoms with Gasteiger partial charge in [-0.1, -0.05) is 13.3 Å². The summed E-state index contributed by atoms with van der Waals surface area (Å²) in [4.78, 5) is 0. The number of rotatable bonds is 4. The van der Waals surface area contributed by atoms with Crippen LogP contribution in [0.15, 0.2) is 0 Å². The molecule has 2 heterocycles. The molecule has 2 nitrogen and oxygen atoms in total. The molecule has 0 bridgehead atoms. The standard InChI is InChI=1S/C14H26O2/c1-2-7-12(13-8-3-5-10-15-13)14-9-4-6-11-16-14/h12-14H,2-11H2,1H3. The van der Waals surface area contributed by atoms with Crippen LogP contribution in [0.4, 0.5) is 0 Å². The largest absolute Gasteiger partial charge is 0.378 e. The molecule has 2 fully saturated rings. The Morgan fingerprint density at radius 3 is 1.88 bits per heavy atom. The minimum atomic E-state index is 0.483. The van der Waals surface area contributed by atoms with Gasteiger partial charge >= 0.3 is 0 Å². The third kappa shape index (κ3) is 3.21. The van der Waals surface area contributed by atoms with Crippen molar-refractivity contribution in [3.05, 3.63) is 0 Å². The lowest BCUT2D eigenvalue weighted by molar-refractivity contribution is -0.0982. The van der Waals surface area contributed by atoms with Crippen LogP contribution in [0, 0.1) is 5.92 Å². The zero-order valence-corrected chi connectivity index (χ0v) is 10.6. The van der Waals surface area contributed by atoms with Crippen LogP contribution in [-0.2, 0) is 9.47 Å². The Kier molecular flexibility index (Phi) is 5.11. The van der Waals surface area contributed by atoms with Crippen LogP contribution in [-0.4, -0.2) is 25.4 Å². The normalized spacial score (nSPS) is 33.6. The SMILES string of the molecule is CCCC(C1CCCCO1)C1CCCCO1. The maximum absolute atomic E-state index is 5.97. The molecule has 0 spiro atoms. The first-order valence-electron chi connectivity index (χ1n) is 7.15. The van der Waals surface area contributed by atoms with Gasteiger partial charge in [-0.25, -0.2) is 0 Å². The zero-order chi connectivity index (χ0) is 11.2. The molecule has 16 heavy (non-hydrogen) atoms. The van der Waals surface area contributed by atoms with Crippen molar-refractivity contribution >= 4 is 0 Å². The summed E-state index contributed by atoms with van der Waals surface area (Å²) in [6, 6.07) is 0. The average molecular weight is 226 g/mol. The molecule has 2 unspecified atom stereocenters. The highest BCUT2D eigenvalue weighted by Crippen LogP contribution is 2.31. The van der Waals surface area contributed by atoms with Crippen molar-refractivity contribution in [1.82, 2.24) is 0 Å². The van der Waals surface area contributed by atoms with Crippen LogP contribution >= 0.6 is 0 Å². The topological polar surface area (TPSA) is 18.5 Å². The molecule has 0 aromatic carbocycles. The van der Waals surface area contributed by atoms with Crippen molar-refractivity contribution in [1.29, 1.82) is 0 Å². The maximum Gasteiger partial charge on any atom is 0.0628 e. The minimum Gasteiger partial charge on any atom is -0.378 e. The van der Waals surface area contributed by atoms with Crippen molar-refractivity contribution in [2.45, 2.75) is 70.5 Å². The quantitative estimate of drug-likeness (QED) is 0.730. The highest BCUT2D eigenvalue weighted by molar-refractivity contribution is 4.81. The third-order valence-corrected chi connectivity index (χ3v) is 4.01. The number of ether oxygens (including phenoxy) is 2. The molecule has 2 heteroatoms. The highest BCUT2D eigenvalue weighted by atomic mass is 16.5. The molecule has 94 valence electrons. The zero-order valence-electron chi connectivity index (χ0n) is 10.6. The summed E-state index contributed by atoms with van der Waals surface area (Å²) in [6.45, 7) is 4.22. The van der Waals surface area contributed by atoms with Crippen LogP contribution in [0.1, 0.15) is 58.3 Å². The van der Waals surface area contributed by atoms with E-state index in [1.165, 1.54) is 51.4 Å². The Morgan fingerprint density at radius 2 is 1.50 bits per heavy atom. The Morgan fingerprint density at radius 1 is 0.938 bits per heavy atom. The van der Waals surface area contributed by atoms with E-state index in [9.17, 15) is 0 Å². The molecule has 2 rings (SSSR count). The van der Waals surface area contributed by atoms with Gasteiger partial charge in [-0.3, -0.25) is 0 Å². The smallest absolute Gasteiger partial charge is 0.0628 e. The summed E-state index contributed by atoms with van der Waals surface area (Å²) in [6.07, 6.45) is 11.2. The van der Waals surface area contributed by atoms with Gasteiger partial charge in [-0.05, 0) is 44.9 Å². The Labute approximate surface area is 99.7 Å². The van der Waals surface area contributed by atoms with E-state index in [1.807, 2.05) is 0 Å². The summed E-state index contributed by atoms with van der Waals surface area (Å²) in [7, 11) is 0. The second-order valence-corrected chi connectivity index (χ2v) is 5.26. The van der Waals surface area contributed by atoms with Crippen molar-refractivity contribution in [3.63, 3.8) is 0 Å². The summed E-state index contributed by atoms with van der Waals surface area (Å²) >= 11 is 0. The summed E-state index contributed by atoms with van der Waals surface area (Å²) in [5.41, 5.74) is 0. The average Bonchev–Trinajstić information content (AvgIpc) is 2.38. The molecule has 0 aliphatic carbocycles. The lowest BCUT2D eigenvalue weighted by Crippen LogP contribution is -2.39. The number of hydrogen-bond donors (Lipinski definition) is 0. The highest BCUT2D eigenvalue weighted by Gasteiger charge is 2.32. The van der Waals surface area contributed by atoms with Crippen LogP contribution in [0.2, 0.25) is 0 Å². The Balaban J connectivity index is 1.91. The van der Waals surface area contributed by atoms with Gasteiger partial charge in [0.25, 0.3) is 0 Å². The van der Waals surface area contributed by atoms with Crippen LogP contribution in [0.5, 0.6) is 0 Å². The van der Waals surface area contributed by atoms with E-state index in [1.54, 1.807) is 0 Å². The second-order valence-electron chi connectivity index (χ2n) is 5.26. The molecule has 0 radical (unpaired) electrons. The van der Waals surface area contributed by atoms with Gasteiger partial charge in [0.05, 0.1) is 12.2 Å². The molecule has 2 aliphatic rings. The van der Waals surface area contributed by atoms with Gasteiger partial charge in [-0.2, -0.15) is 0 Å². The van der Waals surface area contributed by atoms with Gasteiger partial charge in [0.2, 0.25) is 0 Å². The lowest BCUT2D eigenvalue weighted by Gasteiger charge is -2.37. The maximum atomic E-state index is 5.97. The van der Waals surface area contributed by atoms with E-state index in [-0.39, 0.29) is 0 Å². The van der Waals surface area contributed by atoms with Gasteiger partial charge in [0.15, 0.2) is 0 Å². The predicted molar refractivity (Wildman–Crippen MR) is 65.6 cm³/mol. The third-order valence-electron chi connectivity index (χ3n) is 4.01. The van der Waals surface area contributed by atoms with Gasteiger partial charge in [0.1, 0.15) is 0 Å². The lowest BCUT2D eigenvalue weighted by atomic mass is 9.84. The van der Waals surface area contributed by atoms with Gasteiger partial charge < -0.3 is 9.47 Å². The molecule has 0 aromatic rings. The van der Waals surface area contributed by atoms with Crippen molar-refractivity contribution in [3.8, 4) is 0 Å². The Hall–Kier alpha value is -0.0800. The summed E-state index contributed by atoms with van der Waals surface area (Å²) < 4.78 is 11.9. The summed E-state index contributed by atoms with van der Waals surface area (Å²) in [5, 5.41) is 0. The van der Waals surface area contributed by atoms with Crippen molar-refractivity contribution in [2.75, 3.05) is 13.2 Å². The van der Waals surface area contributed by atoms with Crippen molar-refractivity contribution < 1.29 is 9.47 Å². The van der Waals surface area contributed by atoms with Crippen LogP contribution in [0.3, 0.4) is 0 Å². The minimum absolute atomic E-state index is 0.483. The first-order chi connectivity index (χ1) is 7.92. The van der Waals surface area contributed by atoms with E-state index < -0.39 is 0 Å². The monoisotopic (exact) mass is 226 g/mol.